The number of halogens is 2. The number of benzene rings is 1. The van der Waals surface area contributed by atoms with Crippen molar-refractivity contribution in [3.05, 3.63) is 33.9 Å². The van der Waals surface area contributed by atoms with E-state index in [0.29, 0.717) is 25.3 Å². The Hall–Kier alpha value is -1.57. The second-order valence-electron chi connectivity index (χ2n) is 5.17. The summed E-state index contributed by atoms with van der Waals surface area (Å²) in [5, 5.41) is 13.9. The van der Waals surface area contributed by atoms with Crippen LogP contribution in [0.15, 0.2) is 18.2 Å². The molecule has 1 aromatic carbocycles. The molecule has 0 spiro atoms. The van der Waals surface area contributed by atoms with Crippen molar-refractivity contribution >= 4 is 40.5 Å². The molecule has 0 amide bonds. The quantitative estimate of drug-likeness (QED) is 0.251. The molecule has 2 rings (SSSR count). The third kappa shape index (κ3) is 4.70. The number of nitrogens with zero attached hydrogens (tertiary/aromatic N) is 1. The number of carbonyl (C=O) groups excluding carboxylic acids is 1. The molecule has 0 aliphatic heterocycles. The van der Waals surface area contributed by atoms with Gasteiger partial charge in [-0.2, -0.15) is 0 Å². The van der Waals surface area contributed by atoms with Crippen molar-refractivity contribution in [1.29, 1.82) is 0 Å². The van der Waals surface area contributed by atoms with Crippen molar-refractivity contribution in [1.82, 2.24) is 0 Å². The van der Waals surface area contributed by atoms with Crippen LogP contribution in [-0.2, 0) is 9.47 Å². The van der Waals surface area contributed by atoms with Crippen LogP contribution in [0.1, 0.15) is 16.8 Å². The van der Waals surface area contributed by atoms with Crippen molar-refractivity contribution in [3.63, 3.8) is 0 Å². The molecule has 1 N–H and O–H groups in total. The molecular formula is C14H16Cl2N2O5. The highest BCUT2D eigenvalue weighted by Gasteiger charge is 2.52. The summed E-state index contributed by atoms with van der Waals surface area (Å²) < 4.78 is 9.24. The number of hydrogen-bond donors (Lipinski definition) is 1. The predicted octanol–water partition coefficient (Wildman–Crippen LogP) is 3.00. The third-order valence-electron chi connectivity index (χ3n) is 3.43. The molecule has 1 saturated carbocycles. The van der Waals surface area contributed by atoms with E-state index >= 15 is 0 Å². The van der Waals surface area contributed by atoms with Gasteiger partial charge in [0.1, 0.15) is 4.33 Å². The number of rotatable bonds is 8. The van der Waals surface area contributed by atoms with E-state index in [4.69, 9.17) is 32.7 Å². The smallest absolute Gasteiger partial charge is 0.340 e. The second kappa shape index (κ2) is 7.33. The summed E-state index contributed by atoms with van der Waals surface area (Å²) in [5.74, 6) is -0.775. The van der Waals surface area contributed by atoms with Gasteiger partial charge in [-0.1, -0.05) is 0 Å². The van der Waals surface area contributed by atoms with Crippen LogP contribution in [0, 0.1) is 16.0 Å². The first kappa shape index (κ1) is 17.8. The number of esters is 1. The lowest BCUT2D eigenvalue weighted by molar-refractivity contribution is -0.384. The van der Waals surface area contributed by atoms with Crippen LogP contribution >= 0.6 is 23.2 Å². The maximum atomic E-state index is 12.2. The maximum absolute atomic E-state index is 12.2. The Morgan fingerprint density at radius 3 is 2.78 bits per heavy atom. The van der Waals surface area contributed by atoms with Crippen LogP contribution in [0.4, 0.5) is 11.4 Å². The molecule has 1 fully saturated rings. The van der Waals surface area contributed by atoms with Gasteiger partial charge in [0.25, 0.3) is 5.69 Å². The second-order valence-corrected chi connectivity index (χ2v) is 6.71. The molecule has 23 heavy (non-hydrogen) atoms. The standard InChI is InChI=1S/C14H16Cl2N2O5/c1-22-5-4-17-12-3-2-10(18(20)21)6-11(12)13(19)23-8-9-7-14(9,15)16/h2-3,6,9,17H,4-5,7-8H2,1H3/t9-/m1/s1. The highest BCUT2D eigenvalue weighted by molar-refractivity contribution is 6.50. The van der Waals surface area contributed by atoms with Crippen LogP contribution in [-0.4, -0.2) is 42.1 Å². The van der Waals surface area contributed by atoms with Crippen molar-refractivity contribution in [2.45, 2.75) is 10.8 Å². The fraction of sp³-hybridized carbons (Fsp3) is 0.500. The Bertz CT molecular complexity index is 609. The topological polar surface area (TPSA) is 90.7 Å². The Morgan fingerprint density at radius 2 is 2.22 bits per heavy atom. The molecule has 0 unspecified atom stereocenters. The largest absolute Gasteiger partial charge is 0.462 e. The van der Waals surface area contributed by atoms with Gasteiger partial charge in [0.2, 0.25) is 0 Å². The minimum atomic E-state index is -0.845. The summed E-state index contributed by atoms with van der Waals surface area (Å²) in [6.07, 6.45) is 0.553. The average molecular weight is 363 g/mol. The minimum Gasteiger partial charge on any atom is -0.462 e. The van der Waals surface area contributed by atoms with Gasteiger partial charge < -0.3 is 14.8 Å². The molecule has 0 saturated heterocycles. The van der Waals surface area contributed by atoms with Crippen LogP contribution in [0.2, 0.25) is 0 Å². The summed E-state index contributed by atoms with van der Waals surface area (Å²) in [4.78, 5) is 22.5. The zero-order valence-electron chi connectivity index (χ0n) is 12.4. The lowest BCUT2D eigenvalue weighted by atomic mass is 10.1. The predicted molar refractivity (Wildman–Crippen MR) is 86.3 cm³/mol. The number of nitro benzene ring substituents is 1. The van der Waals surface area contributed by atoms with Crippen molar-refractivity contribution in [3.8, 4) is 0 Å². The van der Waals surface area contributed by atoms with E-state index in [2.05, 4.69) is 5.32 Å². The first-order valence-electron chi connectivity index (χ1n) is 6.91. The molecular weight excluding hydrogens is 347 g/mol. The van der Waals surface area contributed by atoms with Gasteiger partial charge in [-0.15, -0.1) is 23.2 Å². The highest BCUT2D eigenvalue weighted by atomic mass is 35.5. The molecule has 7 nitrogen and oxygen atoms in total. The fourth-order valence-corrected chi connectivity index (χ4v) is 2.46. The highest BCUT2D eigenvalue weighted by Crippen LogP contribution is 2.53. The van der Waals surface area contributed by atoms with Crippen LogP contribution < -0.4 is 5.32 Å². The zero-order valence-corrected chi connectivity index (χ0v) is 13.9. The van der Waals surface area contributed by atoms with Gasteiger partial charge in [-0.25, -0.2) is 4.79 Å². The fourth-order valence-electron chi connectivity index (χ4n) is 1.96. The van der Waals surface area contributed by atoms with Crippen molar-refractivity contribution < 1.29 is 19.2 Å². The average Bonchev–Trinajstić information content (AvgIpc) is 3.12. The van der Waals surface area contributed by atoms with E-state index in [1.165, 1.54) is 18.2 Å². The van der Waals surface area contributed by atoms with Crippen molar-refractivity contribution in [2.75, 3.05) is 32.2 Å². The summed E-state index contributed by atoms with van der Waals surface area (Å²) in [6, 6.07) is 3.96. The van der Waals surface area contributed by atoms with E-state index < -0.39 is 15.2 Å². The van der Waals surface area contributed by atoms with E-state index in [1.807, 2.05) is 0 Å². The Labute approximate surface area is 143 Å². The summed E-state index contributed by atoms with van der Waals surface area (Å²) in [6.45, 7) is 0.949. The molecule has 1 aromatic rings. The number of nitrogens with one attached hydrogen (secondary N) is 1. The molecule has 0 bridgehead atoms. The maximum Gasteiger partial charge on any atom is 0.340 e. The lowest BCUT2D eigenvalue weighted by Gasteiger charge is -2.11. The molecule has 1 atom stereocenters. The molecule has 0 radical (unpaired) electrons. The van der Waals surface area contributed by atoms with Crippen LogP contribution in [0.25, 0.3) is 0 Å². The van der Waals surface area contributed by atoms with E-state index in [9.17, 15) is 14.9 Å². The normalized spacial score (nSPS) is 18.3. The van der Waals surface area contributed by atoms with Gasteiger partial charge in [-0.05, 0) is 12.5 Å². The van der Waals surface area contributed by atoms with Gasteiger partial charge in [-0.3, -0.25) is 10.1 Å². The number of alkyl halides is 2. The van der Waals surface area contributed by atoms with Crippen LogP contribution in [0.5, 0.6) is 0 Å². The molecule has 126 valence electrons. The van der Waals surface area contributed by atoms with E-state index in [1.54, 1.807) is 7.11 Å². The van der Waals surface area contributed by atoms with E-state index in [-0.39, 0.29) is 23.8 Å². The zero-order chi connectivity index (χ0) is 17.0. The number of carbonyl (C=O) groups is 1. The summed E-state index contributed by atoms with van der Waals surface area (Å²) in [7, 11) is 1.55. The summed E-state index contributed by atoms with van der Waals surface area (Å²) in [5.41, 5.74) is 0.340. The van der Waals surface area contributed by atoms with E-state index in [0.717, 1.165) is 0 Å². The molecule has 0 aromatic heterocycles. The molecule has 0 heterocycles. The minimum absolute atomic E-state index is 0.0754. The summed E-state index contributed by atoms with van der Waals surface area (Å²) >= 11 is 11.8. The van der Waals surface area contributed by atoms with Gasteiger partial charge >= 0.3 is 5.97 Å². The van der Waals surface area contributed by atoms with Crippen molar-refractivity contribution in [2.24, 2.45) is 5.92 Å². The monoisotopic (exact) mass is 362 g/mol. The molecule has 1 aliphatic rings. The SMILES string of the molecule is COCCNc1ccc([N+](=O)[O-])cc1C(=O)OC[C@H]1CC1(Cl)Cl. The number of nitro groups is 1. The number of anilines is 1. The lowest BCUT2D eigenvalue weighted by Crippen LogP contribution is -2.15. The number of non-ortho nitro benzene ring substituents is 1. The number of methoxy groups -OCH3 is 1. The Kier molecular flexibility index (Phi) is 5.67. The Balaban J connectivity index is 2.09. The van der Waals surface area contributed by atoms with Gasteiger partial charge in [0.15, 0.2) is 0 Å². The molecule has 1 aliphatic carbocycles. The molecule has 9 heteroatoms. The van der Waals surface area contributed by atoms with Gasteiger partial charge in [0, 0.05) is 37.4 Å². The first-order chi connectivity index (χ1) is 10.8. The van der Waals surface area contributed by atoms with Crippen LogP contribution in [0.3, 0.4) is 0 Å². The Morgan fingerprint density at radius 1 is 1.52 bits per heavy atom. The van der Waals surface area contributed by atoms with Gasteiger partial charge in [0.05, 0.1) is 23.7 Å². The first-order valence-corrected chi connectivity index (χ1v) is 7.67. The number of ether oxygens (including phenoxy) is 2. The third-order valence-corrected chi connectivity index (χ3v) is 4.35. The number of hydrogen-bond acceptors (Lipinski definition) is 6.